The number of pyridine rings is 1. The molecule has 1 heterocycles. The summed E-state index contributed by atoms with van der Waals surface area (Å²) in [6.07, 6.45) is 4.46. The molecule has 1 amide bonds. The second-order valence-electron chi connectivity index (χ2n) is 5.22. The van der Waals surface area contributed by atoms with Gasteiger partial charge in [0.05, 0.1) is 29.3 Å². The van der Waals surface area contributed by atoms with Crippen molar-refractivity contribution in [3.63, 3.8) is 0 Å². The molecule has 0 bridgehead atoms. The molecule has 7 nitrogen and oxygen atoms in total. The van der Waals surface area contributed by atoms with Crippen LogP contribution in [0.3, 0.4) is 0 Å². The van der Waals surface area contributed by atoms with Crippen molar-refractivity contribution < 1.29 is 14.5 Å². The van der Waals surface area contributed by atoms with Crippen molar-refractivity contribution in [2.75, 3.05) is 20.3 Å². The first-order chi connectivity index (χ1) is 12.1. The average Bonchev–Trinajstić information content (AvgIpc) is 2.64. The predicted octanol–water partition coefficient (Wildman–Crippen LogP) is 2.68. The number of methoxy groups -OCH3 is 1. The van der Waals surface area contributed by atoms with Crippen molar-refractivity contribution in [2.45, 2.75) is 6.54 Å². The van der Waals surface area contributed by atoms with E-state index in [1.54, 1.807) is 42.5 Å². The molecule has 0 atom stereocenters. The minimum absolute atomic E-state index is 0.0419. The van der Waals surface area contributed by atoms with E-state index in [4.69, 9.17) is 4.74 Å². The van der Waals surface area contributed by atoms with Crippen LogP contribution in [0, 0.1) is 10.1 Å². The normalized spacial score (nSPS) is 10.8. The molecule has 0 N–H and O–H groups in total. The Kier molecular flexibility index (Phi) is 6.79. The highest BCUT2D eigenvalue weighted by atomic mass is 16.6. The lowest BCUT2D eigenvalue weighted by molar-refractivity contribution is -0.385. The molecule has 1 aromatic carbocycles. The second kappa shape index (κ2) is 9.29. The third-order valence-electron chi connectivity index (χ3n) is 3.49. The van der Waals surface area contributed by atoms with E-state index in [1.807, 2.05) is 12.1 Å². The number of hydrogen-bond donors (Lipinski definition) is 0. The highest BCUT2D eigenvalue weighted by Crippen LogP contribution is 2.19. The molecule has 0 saturated heterocycles. The largest absolute Gasteiger partial charge is 0.383 e. The number of benzene rings is 1. The Hall–Kier alpha value is -3.06. The lowest BCUT2D eigenvalue weighted by Gasteiger charge is -2.20. The van der Waals surface area contributed by atoms with Crippen LogP contribution in [0.25, 0.3) is 6.08 Å². The first kappa shape index (κ1) is 18.3. The van der Waals surface area contributed by atoms with Crippen molar-refractivity contribution in [3.8, 4) is 0 Å². The first-order valence-corrected chi connectivity index (χ1v) is 7.71. The highest BCUT2D eigenvalue weighted by Gasteiger charge is 2.14. The molecule has 25 heavy (non-hydrogen) atoms. The maximum Gasteiger partial charge on any atom is 0.276 e. The SMILES string of the molecule is COCCN(Cc1ccccn1)C(=O)C=Cc1ccccc1[N+](=O)[O-]. The van der Waals surface area contributed by atoms with E-state index in [9.17, 15) is 14.9 Å². The third kappa shape index (κ3) is 5.50. The molecule has 0 radical (unpaired) electrons. The maximum absolute atomic E-state index is 12.5. The fraction of sp³-hybridized carbons (Fsp3) is 0.222. The topological polar surface area (TPSA) is 85.6 Å². The van der Waals surface area contributed by atoms with E-state index in [-0.39, 0.29) is 11.6 Å². The summed E-state index contributed by atoms with van der Waals surface area (Å²) >= 11 is 0. The summed E-state index contributed by atoms with van der Waals surface area (Å²) in [5, 5.41) is 11.0. The van der Waals surface area contributed by atoms with Gasteiger partial charge in [-0.05, 0) is 24.3 Å². The molecule has 0 saturated carbocycles. The van der Waals surface area contributed by atoms with Gasteiger partial charge >= 0.3 is 0 Å². The van der Waals surface area contributed by atoms with Crippen LogP contribution in [0.2, 0.25) is 0 Å². The number of nitro benzene ring substituents is 1. The number of ether oxygens (including phenoxy) is 1. The number of nitro groups is 1. The summed E-state index contributed by atoms with van der Waals surface area (Å²) in [6, 6.07) is 11.8. The number of carbonyl (C=O) groups is 1. The van der Waals surface area contributed by atoms with E-state index in [1.165, 1.54) is 18.2 Å². The van der Waals surface area contributed by atoms with Gasteiger partial charge in [-0.3, -0.25) is 19.9 Å². The summed E-state index contributed by atoms with van der Waals surface area (Å²) in [5.74, 6) is -0.263. The Labute approximate surface area is 145 Å². The zero-order valence-corrected chi connectivity index (χ0v) is 13.9. The van der Waals surface area contributed by atoms with Crippen LogP contribution >= 0.6 is 0 Å². The van der Waals surface area contributed by atoms with Crippen molar-refractivity contribution in [1.29, 1.82) is 0 Å². The molecule has 2 rings (SSSR count). The molecule has 2 aromatic rings. The standard InChI is InChI=1S/C18H19N3O4/c1-25-13-12-20(14-16-7-4-5-11-19-16)18(22)10-9-15-6-2-3-8-17(15)21(23)24/h2-11H,12-14H2,1H3. The van der Waals surface area contributed by atoms with Gasteiger partial charge in [0.25, 0.3) is 5.69 Å². The molecule has 0 spiro atoms. The number of aromatic nitrogens is 1. The van der Waals surface area contributed by atoms with Gasteiger partial charge in [0.2, 0.25) is 5.91 Å². The second-order valence-corrected chi connectivity index (χ2v) is 5.22. The molecular weight excluding hydrogens is 322 g/mol. The molecule has 1 aromatic heterocycles. The Morgan fingerprint density at radius 2 is 2.04 bits per heavy atom. The highest BCUT2D eigenvalue weighted by molar-refractivity contribution is 5.92. The molecule has 0 unspecified atom stereocenters. The van der Waals surface area contributed by atoms with Crippen LogP contribution in [0.15, 0.2) is 54.7 Å². The van der Waals surface area contributed by atoms with Crippen molar-refractivity contribution >= 4 is 17.7 Å². The Morgan fingerprint density at radius 1 is 1.28 bits per heavy atom. The first-order valence-electron chi connectivity index (χ1n) is 7.71. The fourth-order valence-corrected chi connectivity index (χ4v) is 2.22. The van der Waals surface area contributed by atoms with Gasteiger partial charge in [-0.15, -0.1) is 0 Å². The zero-order chi connectivity index (χ0) is 18.1. The number of para-hydroxylation sites is 1. The summed E-state index contributed by atoms with van der Waals surface area (Å²) in [7, 11) is 1.56. The number of rotatable bonds is 8. The molecule has 0 aliphatic carbocycles. The number of amides is 1. The van der Waals surface area contributed by atoms with Crippen LogP contribution in [0.1, 0.15) is 11.3 Å². The van der Waals surface area contributed by atoms with Crippen LogP contribution < -0.4 is 0 Å². The number of carbonyl (C=O) groups excluding carboxylic acids is 1. The Balaban J connectivity index is 2.15. The monoisotopic (exact) mass is 341 g/mol. The summed E-state index contributed by atoms with van der Waals surface area (Å²) in [4.78, 5) is 28.9. The summed E-state index contributed by atoms with van der Waals surface area (Å²) in [5.41, 5.74) is 1.09. The summed E-state index contributed by atoms with van der Waals surface area (Å²) < 4.78 is 5.05. The van der Waals surface area contributed by atoms with Gasteiger partial charge in [0, 0.05) is 32.0 Å². The molecule has 130 valence electrons. The van der Waals surface area contributed by atoms with Crippen LogP contribution in [-0.2, 0) is 16.1 Å². The van der Waals surface area contributed by atoms with Gasteiger partial charge in [-0.1, -0.05) is 18.2 Å². The fourth-order valence-electron chi connectivity index (χ4n) is 2.22. The lowest BCUT2D eigenvalue weighted by atomic mass is 10.1. The minimum atomic E-state index is -0.471. The number of hydrogen-bond acceptors (Lipinski definition) is 5. The van der Waals surface area contributed by atoms with E-state index < -0.39 is 4.92 Å². The van der Waals surface area contributed by atoms with E-state index in [0.717, 1.165) is 5.69 Å². The average molecular weight is 341 g/mol. The van der Waals surface area contributed by atoms with Crippen LogP contribution in [0.5, 0.6) is 0 Å². The zero-order valence-electron chi connectivity index (χ0n) is 13.9. The van der Waals surface area contributed by atoms with Gasteiger partial charge in [-0.2, -0.15) is 0 Å². The van der Waals surface area contributed by atoms with Gasteiger partial charge in [-0.25, -0.2) is 0 Å². The van der Waals surface area contributed by atoms with E-state index >= 15 is 0 Å². The molecule has 0 fully saturated rings. The number of nitrogens with zero attached hydrogens (tertiary/aromatic N) is 3. The Bertz CT molecular complexity index is 747. The van der Waals surface area contributed by atoms with E-state index in [0.29, 0.717) is 25.3 Å². The van der Waals surface area contributed by atoms with Crippen molar-refractivity contribution in [2.24, 2.45) is 0 Å². The smallest absolute Gasteiger partial charge is 0.276 e. The van der Waals surface area contributed by atoms with Crippen molar-refractivity contribution in [1.82, 2.24) is 9.88 Å². The van der Waals surface area contributed by atoms with E-state index in [2.05, 4.69) is 4.98 Å². The molecular formula is C18H19N3O4. The third-order valence-corrected chi connectivity index (χ3v) is 3.49. The van der Waals surface area contributed by atoms with Gasteiger partial charge in [0.1, 0.15) is 0 Å². The summed E-state index contributed by atoms with van der Waals surface area (Å²) in [6.45, 7) is 1.12. The molecule has 7 heteroatoms. The van der Waals surface area contributed by atoms with Gasteiger partial charge in [0.15, 0.2) is 0 Å². The minimum Gasteiger partial charge on any atom is -0.383 e. The maximum atomic E-state index is 12.5. The quantitative estimate of drug-likeness (QED) is 0.419. The predicted molar refractivity (Wildman–Crippen MR) is 93.7 cm³/mol. The molecule has 0 aliphatic heterocycles. The van der Waals surface area contributed by atoms with Gasteiger partial charge < -0.3 is 9.64 Å². The van der Waals surface area contributed by atoms with Crippen LogP contribution in [-0.4, -0.2) is 41.0 Å². The van der Waals surface area contributed by atoms with Crippen LogP contribution in [0.4, 0.5) is 5.69 Å². The Morgan fingerprint density at radius 3 is 2.72 bits per heavy atom. The molecule has 0 aliphatic rings. The lowest BCUT2D eigenvalue weighted by Crippen LogP contribution is -2.32. The van der Waals surface area contributed by atoms with Crippen molar-refractivity contribution in [3.05, 3.63) is 76.1 Å².